The van der Waals surface area contributed by atoms with Gasteiger partial charge in [0.25, 0.3) is 0 Å². The van der Waals surface area contributed by atoms with E-state index in [2.05, 4.69) is 10.2 Å². The maximum Gasteiger partial charge on any atom is 0.220 e. The van der Waals surface area contributed by atoms with E-state index in [9.17, 15) is 4.79 Å². The molecule has 26 heavy (non-hydrogen) atoms. The van der Waals surface area contributed by atoms with E-state index in [0.29, 0.717) is 18.9 Å². The first-order chi connectivity index (χ1) is 12.7. The lowest BCUT2D eigenvalue weighted by Gasteiger charge is -2.32. The molecule has 1 amide bonds. The zero-order valence-corrected chi connectivity index (χ0v) is 16.1. The van der Waals surface area contributed by atoms with Crippen molar-refractivity contribution in [3.63, 3.8) is 0 Å². The van der Waals surface area contributed by atoms with Crippen molar-refractivity contribution in [2.24, 2.45) is 11.8 Å². The summed E-state index contributed by atoms with van der Waals surface area (Å²) in [4.78, 5) is 14.9. The highest BCUT2D eigenvalue weighted by molar-refractivity contribution is 5.75. The minimum absolute atomic E-state index is 0.127. The number of nitrogens with one attached hydrogen (secondary N) is 1. The Morgan fingerprint density at radius 3 is 2.77 bits per heavy atom. The molecule has 0 unspecified atom stereocenters. The highest BCUT2D eigenvalue weighted by atomic mass is 16.5. The van der Waals surface area contributed by atoms with Crippen molar-refractivity contribution < 1.29 is 14.3 Å². The third-order valence-electron chi connectivity index (χ3n) is 5.57. The van der Waals surface area contributed by atoms with Crippen LogP contribution in [0, 0.1) is 11.8 Å². The number of benzene rings is 1. The second-order valence-corrected chi connectivity index (χ2v) is 7.70. The molecule has 3 rings (SSSR count). The van der Waals surface area contributed by atoms with Gasteiger partial charge in [0, 0.05) is 37.7 Å². The van der Waals surface area contributed by atoms with E-state index in [4.69, 9.17) is 9.47 Å². The van der Waals surface area contributed by atoms with E-state index >= 15 is 0 Å². The van der Waals surface area contributed by atoms with Crippen LogP contribution in [0.1, 0.15) is 44.1 Å². The predicted molar refractivity (Wildman–Crippen MR) is 103 cm³/mol. The fraction of sp³-hybridized carbons (Fsp3) is 0.667. The number of likely N-dealkylation sites (tertiary alicyclic amines) is 1. The standard InChI is InChI=1S/C21H32N2O3/c1-25-19-9-8-18(20(12-19)26-2)13-22-21(24)10-7-16-4-3-11-23(14-16)15-17-5-6-17/h8-9,12,16-17H,3-7,10-11,13-15H2,1-2H3,(H,22,24)/t16-/m1/s1. The molecule has 2 fully saturated rings. The van der Waals surface area contributed by atoms with Gasteiger partial charge >= 0.3 is 0 Å². The van der Waals surface area contributed by atoms with Gasteiger partial charge in [-0.2, -0.15) is 0 Å². The molecule has 1 aromatic rings. The average molecular weight is 360 g/mol. The number of hydrogen-bond acceptors (Lipinski definition) is 4. The van der Waals surface area contributed by atoms with E-state index in [1.54, 1.807) is 14.2 Å². The highest BCUT2D eigenvalue weighted by Crippen LogP contribution is 2.31. The van der Waals surface area contributed by atoms with Crippen molar-refractivity contribution in [2.75, 3.05) is 33.9 Å². The van der Waals surface area contributed by atoms with Crippen LogP contribution in [0.15, 0.2) is 18.2 Å². The van der Waals surface area contributed by atoms with Crippen molar-refractivity contribution >= 4 is 5.91 Å². The topological polar surface area (TPSA) is 50.8 Å². The van der Waals surface area contributed by atoms with Crippen LogP contribution >= 0.6 is 0 Å². The molecule has 0 radical (unpaired) electrons. The second kappa shape index (κ2) is 9.26. The number of ether oxygens (including phenoxy) is 2. The van der Waals surface area contributed by atoms with E-state index in [1.807, 2.05) is 18.2 Å². The van der Waals surface area contributed by atoms with E-state index in [-0.39, 0.29) is 5.91 Å². The van der Waals surface area contributed by atoms with E-state index in [0.717, 1.165) is 29.4 Å². The molecule has 0 bridgehead atoms. The molecular formula is C21H32N2O3. The zero-order chi connectivity index (χ0) is 18.4. The van der Waals surface area contributed by atoms with Gasteiger partial charge in [-0.3, -0.25) is 4.79 Å². The number of nitrogens with zero attached hydrogens (tertiary/aromatic N) is 1. The first-order valence-corrected chi connectivity index (χ1v) is 9.88. The minimum Gasteiger partial charge on any atom is -0.497 e. The molecule has 1 saturated heterocycles. The zero-order valence-electron chi connectivity index (χ0n) is 16.1. The van der Waals surface area contributed by atoms with Crippen molar-refractivity contribution in [2.45, 2.75) is 45.1 Å². The second-order valence-electron chi connectivity index (χ2n) is 7.70. The molecule has 1 aliphatic carbocycles. The van der Waals surface area contributed by atoms with E-state index < -0.39 is 0 Å². The molecule has 0 spiro atoms. The van der Waals surface area contributed by atoms with Gasteiger partial charge in [0.05, 0.1) is 14.2 Å². The largest absolute Gasteiger partial charge is 0.497 e. The Morgan fingerprint density at radius 1 is 1.19 bits per heavy atom. The molecule has 1 aromatic carbocycles. The van der Waals surface area contributed by atoms with Gasteiger partial charge in [0.1, 0.15) is 11.5 Å². The van der Waals surface area contributed by atoms with Crippen LogP contribution in [-0.4, -0.2) is 44.7 Å². The number of carbonyl (C=O) groups excluding carboxylic acids is 1. The number of carbonyl (C=O) groups is 1. The summed E-state index contributed by atoms with van der Waals surface area (Å²) in [7, 11) is 3.27. The van der Waals surface area contributed by atoms with Gasteiger partial charge in [-0.15, -0.1) is 0 Å². The third kappa shape index (κ3) is 5.63. The molecule has 1 heterocycles. The van der Waals surface area contributed by atoms with Crippen molar-refractivity contribution in [1.29, 1.82) is 0 Å². The van der Waals surface area contributed by atoms with Gasteiger partial charge in [-0.1, -0.05) is 0 Å². The summed E-state index contributed by atoms with van der Waals surface area (Å²) in [5.74, 6) is 3.25. The SMILES string of the molecule is COc1ccc(CNC(=O)CC[C@H]2CCCN(CC3CC3)C2)c(OC)c1. The van der Waals surface area contributed by atoms with Gasteiger partial charge in [0.15, 0.2) is 0 Å². The van der Waals surface area contributed by atoms with Gasteiger partial charge in [0.2, 0.25) is 5.91 Å². The molecule has 5 heteroatoms. The van der Waals surface area contributed by atoms with Crippen LogP contribution < -0.4 is 14.8 Å². The fourth-order valence-electron chi connectivity index (χ4n) is 3.83. The number of rotatable bonds is 9. The lowest BCUT2D eigenvalue weighted by molar-refractivity contribution is -0.121. The van der Waals surface area contributed by atoms with Crippen LogP contribution in [-0.2, 0) is 11.3 Å². The lowest BCUT2D eigenvalue weighted by Crippen LogP contribution is -2.37. The quantitative estimate of drug-likeness (QED) is 0.735. The summed E-state index contributed by atoms with van der Waals surface area (Å²) in [5, 5.41) is 3.03. The number of amides is 1. The summed E-state index contributed by atoms with van der Waals surface area (Å²) < 4.78 is 10.6. The average Bonchev–Trinajstić information content (AvgIpc) is 3.48. The Kier molecular flexibility index (Phi) is 6.78. The maximum atomic E-state index is 12.3. The molecule has 1 saturated carbocycles. The summed E-state index contributed by atoms with van der Waals surface area (Å²) >= 11 is 0. The Labute approximate surface area is 157 Å². The molecule has 144 valence electrons. The maximum absolute atomic E-state index is 12.3. The van der Waals surface area contributed by atoms with Crippen LogP contribution in [0.2, 0.25) is 0 Å². The Balaban J connectivity index is 1.40. The van der Waals surface area contributed by atoms with Crippen LogP contribution in [0.5, 0.6) is 11.5 Å². The smallest absolute Gasteiger partial charge is 0.220 e. The first kappa shape index (κ1) is 19.0. The summed E-state index contributed by atoms with van der Waals surface area (Å²) in [6.07, 6.45) is 6.98. The molecule has 1 atom stereocenters. The number of hydrogen-bond donors (Lipinski definition) is 1. The van der Waals surface area contributed by atoms with Crippen molar-refractivity contribution in [3.05, 3.63) is 23.8 Å². The van der Waals surface area contributed by atoms with Gasteiger partial charge in [-0.05, 0) is 62.6 Å². The molecule has 0 aromatic heterocycles. The third-order valence-corrected chi connectivity index (χ3v) is 5.57. The Morgan fingerprint density at radius 2 is 2.04 bits per heavy atom. The summed E-state index contributed by atoms with van der Waals surface area (Å²) in [5.41, 5.74) is 0.968. The summed E-state index contributed by atoms with van der Waals surface area (Å²) in [6, 6.07) is 5.67. The monoisotopic (exact) mass is 360 g/mol. The number of methoxy groups -OCH3 is 2. The molecule has 1 N–H and O–H groups in total. The lowest BCUT2D eigenvalue weighted by atomic mass is 9.93. The fourth-order valence-corrected chi connectivity index (χ4v) is 3.83. The molecule has 1 aliphatic heterocycles. The van der Waals surface area contributed by atoms with Crippen LogP contribution in [0.4, 0.5) is 0 Å². The molecule has 2 aliphatic rings. The van der Waals surface area contributed by atoms with Crippen LogP contribution in [0.25, 0.3) is 0 Å². The van der Waals surface area contributed by atoms with Gasteiger partial charge < -0.3 is 19.7 Å². The number of piperidine rings is 1. The van der Waals surface area contributed by atoms with Crippen molar-refractivity contribution in [1.82, 2.24) is 10.2 Å². The normalized spacial score (nSPS) is 20.6. The Bertz CT molecular complexity index is 601. The first-order valence-electron chi connectivity index (χ1n) is 9.88. The highest BCUT2D eigenvalue weighted by Gasteiger charge is 2.27. The molecule has 5 nitrogen and oxygen atoms in total. The van der Waals surface area contributed by atoms with Crippen molar-refractivity contribution in [3.8, 4) is 11.5 Å². The van der Waals surface area contributed by atoms with E-state index in [1.165, 1.54) is 45.3 Å². The summed E-state index contributed by atoms with van der Waals surface area (Å²) in [6.45, 7) is 4.19. The molecular weight excluding hydrogens is 328 g/mol. The Hall–Kier alpha value is -1.75. The van der Waals surface area contributed by atoms with Gasteiger partial charge in [-0.25, -0.2) is 0 Å². The minimum atomic E-state index is 0.127. The van der Waals surface area contributed by atoms with Crippen LogP contribution in [0.3, 0.4) is 0 Å². The predicted octanol–water partition coefficient (Wildman–Crippen LogP) is 3.22.